The van der Waals surface area contributed by atoms with E-state index in [0.29, 0.717) is 11.3 Å². The van der Waals surface area contributed by atoms with Crippen LogP contribution in [0.25, 0.3) is 21.5 Å². The maximum atomic E-state index is 3.43. The number of rotatable bonds is 5. The summed E-state index contributed by atoms with van der Waals surface area (Å²) in [7, 11) is 0. The fourth-order valence-electron chi connectivity index (χ4n) is 6.11. The zero-order valence-corrected chi connectivity index (χ0v) is 37.7. The molecular formula is C49H60Cl2Zr-2. The minimum atomic E-state index is 0. The molecule has 0 saturated heterocycles. The van der Waals surface area contributed by atoms with E-state index in [1.54, 1.807) is 0 Å². The Morgan fingerprint density at radius 1 is 0.635 bits per heavy atom. The van der Waals surface area contributed by atoms with Crippen LogP contribution in [0.1, 0.15) is 122 Å². The van der Waals surface area contributed by atoms with Crippen molar-refractivity contribution in [1.29, 1.82) is 0 Å². The summed E-state index contributed by atoms with van der Waals surface area (Å²) in [6, 6.07) is 33.7. The van der Waals surface area contributed by atoms with Crippen LogP contribution in [0.3, 0.4) is 0 Å². The van der Waals surface area contributed by atoms with Gasteiger partial charge in [-0.15, -0.1) is 39.7 Å². The van der Waals surface area contributed by atoms with E-state index in [9.17, 15) is 0 Å². The Hall–Kier alpha value is -2.44. The molecule has 1 unspecified atom stereocenters. The van der Waals surface area contributed by atoms with Crippen molar-refractivity contribution in [3.05, 3.63) is 148 Å². The normalized spacial score (nSPS) is 14.0. The van der Waals surface area contributed by atoms with Gasteiger partial charge >= 0.3 is 112 Å². The van der Waals surface area contributed by atoms with Crippen molar-refractivity contribution >= 4 is 24.8 Å². The van der Waals surface area contributed by atoms with Gasteiger partial charge in [-0.1, -0.05) is 135 Å². The molecule has 0 radical (unpaired) electrons. The molecule has 1 aliphatic rings. The summed E-state index contributed by atoms with van der Waals surface area (Å²) in [5, 5.41) is 5.49. The Morgan fingerprint density at radius 3 is 1.40 bits per heavy atom. The third-order valence-electron chi connectivity index (χ3n) is 9.69. The van der Waals surface area contributed by atoms with E-state index in [2.05, 4.69) is 192 Å². The summed E-state index contributed by atoms with van der Waals surface area (Å²) in [4.78, 5) is 0. The molecule has 0 saturated carbocycles. The van der Waals surface area contributed by atoms with E-state index in [1.165, 1.54) is 107 Å². The summed E-state index contributed by atoms with van der Waals surface area (Å²) in [5.74, 6) is 0.592. The minimum Gasteiger partial charge on any atom is -1.00 e. The van der Waals surface area contributed by atoms with Crippen molar-refractivity contribution in [3.8, 4) is 0 Å². The Bertz CT molecular complexity index is 1830. The van der Waals surface area contributed by atoms with E-state index in [4.69, 9.17) is 0 Å². The number of benzene rings is 4. The van der Waals surface area contributed by atoms with Crippen molar-refractivity contribution in [2.24, 2.45) is 11.3 Å². The van der Waals surface area contributed by atoms with Crippen LogP contribution >= 0.6 is 0 Å². The van der Waals surface area contributed by atoms with Crippen LogP contribution in [0.5, 0.6) is 0 Å². The molecule has 0 amide bonds. The zero-order chi connectivity index (χ0) is 36.9. The largest absolute Gasteiger partial charge is 1.00 e. The van der Waals surface area contributed by atoms with E-state index in [-0.39, 0.29) is 35.6 Å². The first kappa shape index (κ1) is 45.7. The van der Waals surface area contributed by atoms with Gasteiger partial charge in [0.15, 0.2) is 0 Å². The Morgan fingerprint density at radius 2 is 1.06 bits per heavy atom. The molecule has 0 aliphatic heterocycles. The number of hydrogen-bond acceptors (Lipinski definition) is 0. The van der Waals surface area contributed by atoms with Gasteiger partial charge in [-0.25, -0.2) is 6.08 Å². The van der Waals surface area contributed by atoms with Gasteiger partial charge in [0.2, 0.25) is 0 Å². The van der Waals surface area contributed by atoms with Gasteiger partial charge in [0.05, 0.1) is 0 Å². The predicted octanol–water partition coefficient (Wildman–Crippen LogP) is 7.87. The molecule has 0 aromatic heterocycles. The average Bonchev–Trinajstić information content (AvgIpc) is 3.69. The van der Waals surface area contributed by atoms with Crippen molar-refractivity contribution < 1.29 is 49.0 Å². The molecule has 5 aromatic carbocycles. The second-order valence-corrected chi connectivity index (χ2v) is 18.5. The summed E-state index contributed by atoms with van der Waals surface area (Å²) in [6.07, 6.45) is 11.9. The van der Waals surface area contributed by atoms with E-state index in [0.717, 1.165) is 0 Å². The predicted molar refractivity (Wildman–Crippen MR) is 218 cm³/mol. The Balaban J connectivity index is 0.000000273. The first-order valence-electron chi connectivity index (χ1n) is 18.5. The molecule has 0 bridgehead atoms. The molecule has 0 heterocycles. The second kappa shape index (κ2) is 19.2. The molecule has 3 heteroatoms. The fourth-order valence-corrected chi connectivity index (χ4v) is 6.92. The SMILES string of the molecule is CC(C)(C)c1ccc2[cH-]c3ccc(C(C)(C)C)cc3c2c1.CCCCC1[C-]=CC(C(C)(C)C)=C1.Cc1ccc([C](=[Zr+2])c2ccc(C)cc2)cc1.[Cl-].[Cl-]. The third-order valence-corrected chi connectivity index (χ3v) is 11.1. The zero-order valence-electron chi connectivity index (χ0n) is 33.8. The molecule has 0 N–H and O–H groups in total. The van der Waals surface area contributed by atoms with Crippen molar-refractivity contribution in [2.75, 3.05) is 0 Å². The molecule has 0 spiro atoms. The molecule has 0 nitrogen and oxygen atoms in total. The number of hydrogen-bond donors (Lipinski definition) is 0. The summed E-state index contributed by atoms with van der Waals surface area (Å²) < 4.78 is 1.42. The molecule has 5 aromatic rings. The van der Waals surface area contributed by atoms with Crippen LogP contribution in [-0.4, -0.2) is 3.21 Å². The smallest absolute Gasteiger partial charge is 1.00 e. The molecule has 0 fully saturated rings. The number of halogens is 2. The van der Waals surface area contributed by atoms with Crippen LogP contribution in [0, 0.1) is 31.3 Å². The van der Waals surface area contributed by atoms with E-state index >= 15 is 0 Å². The molecule has 276 valence electrons. The van der Waals surface area contributed by atoms with Crippen LogP contribution in [0.15, 0.2) is 109 Å². The van der Waals surface area contributed by atoms with E-state index < -0.39 is 0 Å². The molecule has 6 rings (SSSR count). The number of fused-ring (bicyclic) bond motifs is 3. The van der Waals surface area contributed by atoms with Crippen molar-refractivity contribution in [2.45, 2.75) is 113 Å². The van der Waals surface area contributed by atoms with Gasteiger partial charge in [-0.3, -0.25) is 6.08 Å². The second-order valence-electron chi connectivity index (χ2n) is 17.3. The first-order chi connectivity index (χ1) is 23.4. The van der Waals surface area contributed by atoms with Gasteiger partial charge in [0.25, 0.3) is 0 Å². The third kappa shape index (κ3) is 12.6. The Labute approximate surface area is 344 Å². The maximum absolute atomic E-state index is 3.43. The molecule has 1 atom stereocenters. The summed E-state index contributed by atoms with van der Waals surface area (Å²) >= 11 is 1.46. The maximum Gasteiger partial charge on any atom is -1.00 e. The van der Waals surface area contributed by atoms with Gasteiger partial charge in [-0.2, -0.15) is 11.6 Å². The van der Waals surface area contributed by atoms with Gasteiger partial charge in [0.1, 0.15) is 0 Å². The number of aryl methyl sites for hydroxylation is 2. The quantitative estimate of drug-likeness (QED) is 0.159. The van der Waals surface area contributed by atoms with Crippen LogP contribution in [0.2, 0.25) is 0 Å². The van der Waals surface area contributed by atoms with Crippen LogP contribution in [0.4, 0.5) is 0 Å². The topological polar surface area (TPSA) is 0 Å². The van der Waals surface area contributed by atoms with Crippen molar-refractivity contribution in [3.63, 3.8) is 0 Å². The fraction of sp³-hybridized carbons (Fsp3) is 0.388. The summed E-state index contributed by atoms with van der Waals surface area (Å²) in [6.45, 7) is 26.9. The number of unbranched alkanes of at least 4 members (excludes halogenated alkanes) is 1. The molecular weight excluding hydrogens is 751 g/mol. The monoisotopic (exact) mass is 808 g/mol. The Kier molecular flexibility index (Phi) is 16.9. The van der Waals surface area contributed by atoms with Crippen LogP contribution < -0.4 is 24.8 Å². The minimum absolute atomic E-state index is 0. The summed E-state index contributed by atoms with van der Waals surface area (Å²) in [5.41, 5.74) is 10.3. The van der Waals surface area contributed by atoms with E-state index in [1.807, 2.05) is 0 Å². The van der Waals surface area contributed by atoms with Gasteiger partial charge in [0, 0.05) is 0 Å². The molecule has 52 heavy (non-hydrogen) atoms. The van der Waals surface area contributed by atoms with Gasteiger partial charge < -0.3 is 24.8 Å². The van der Waals surface area contributed by atoms with Crippen molar-refractivity contribution in [1.82, 2.24) is 0 Å². The average molecular weight is 811 g/mol. The first-order valence-corrected chi connectivity index (χ1v) is 19.8. The van der Waals surface area contributed by atoms with Gasteiger partial charge in [-0.05, 0) is 10.8 Å². The number of allylic oxidation sites excluding steroid dienone is 4. The van der Waals surface area contributed by atoms with Crippen LogP contribution in [-0.2, 0) is 35.1 Å². The molecule has 1 aliphatic carbocycles. The standard InChI is InChI=1S/C21H25.C15H14.C13H21.2ClH.Zr/c1-20(2,3)16-9-7-14-11-15-8-10-17(21(4,5)6)13-19(15)18(14)12-16;1-12-3-7-14(8-4-12)11-15-9-5-13(2)6-10-15;1-5-6-7-11-8-9-12(10-11)13(2,3)4;;;/h7-13H,1-6H3;3-10H,1-2H3;9-11H,5-7H2,1-4H3;2*1H;/q-1;;-1;;;+2/p-2.